The summed E-state index contributed by atoms with van der Waals surface area (Å²) in [6, 6.07) is 0. The van der Waals surface area contributed by atoms with Crippen molar-refractivity contribution in [3.05, 3.63) is 5.82 Å². The van der Waals surface area contributed by atoms with Crippen LogP contribution >= 0.6 is 11.8 Å². The molecule has 0 bridgehead atoms. The highest BCUT2D eigenvalue weighted by Crippen LogP contribution is 2.39. The van der Waals surface area contributed by atoms with Gasteiger partial charge in [0.1, 0.15) is 11.4 Å². The molecule has 19 heavy (non-hydrogen) atoms. The molecule has 0 radical (unpaired) electrons. The van der Waals surface area contributed by atoms with E-state index >= 15 is 0 Å². The second kappa shape index (κ2) is 5.50. The molecular formula is C12H20N4O2S. The van der Waals surface area contributed by atoms with Gasteiger partial charge in [0.05, 0.1) is 6.61 Å². The maximum Gasteiger partial charge on any atom is 0.326 e. The summed E-state index contributed by atoms with van der Waals surface area (Å²) in [5, 5.41) is 9.31. The van der Waals surface area contributed by atoms with E-state index in [0.717, 1.165) is 17.4 Å². The number of carbonyl (C=O) groups is 1. The van der Waals surface area contributed by atoms with Crippen LogP contribution in [-0.2, 0) is 16.6 Å². The third-order valence-corrected chi connectivity index (χ3v) is 4.81. The predicted molar refractivity (Wildman–Crippen MR) is 72.8 cm³/mol. The van der Waals surface area contributed by atoms with Crippen LogP contribution in [0.15, 0.2) is 5.16 Å². The van der Waals surface area contributed by atoms with E-state index in [1.807, 2.05) is 18.5 Å². The standard InChI is InChI=1S/C12H20N4O2S/c1-4-18-10(17)12(13)6-5-9(7-12)19-11-15-14-8(2)16(11)3/h9H,4-7,13H2,1-3H3. The van der Waals surface area contributed by atoms with Crippen molar-refractivity contribution < 1.29 is 9.53 Å². The van der Waals surface area contributed by atoms with Crippen molar-refractivity contribution in [3.63, 3.8) is 0 Å². The lowest BCUT2D eigenvalue weighted by Crippen LogP contribution is -2.47. The molecule has 7 heteroatoms. The van der Waals surface area contributed by atoms with Crippen LogP contribution in [-0.4, -0.2) is 38.1 Å². The van der Waals surface area contributed by atoms with Crippen LogP contribution in [0.5, 0.6) is 0 Å². The summed E-state index contributed by atoms with van der Waals surface area (Å²) in [5.74, 6) is 0.595. The van der Waals surface area contributed by atoms with Gasteiger partial charge in [-0.2, -0.15) is 0 Å². The van der Waals surface area contributed by atoms with Gasteiger partial charge in [-0.15, -0.1) is 10.2 Å². The van der Waals surface area contributed by atoms with E-state index in [9.17, 15) is 4.79 Å². The molecule has 2 unspecified atom stereocenters. The monoisotopic (exact) mass is 284 g/mol. The quantitative estimate of drug-likeness (QED) is 0.831. The van der Waals surface area contributed by atoms with Gasteiger partial charge in [-0.1, -0.05) is 11.8 Å². The van der Waals surface area contributed by atoms with E-state index in [1.165, 1.54) is 0 Å². The molecule has 1 aromatic heterocycles. The van der Waals surface area contributed by atoms with Crippen LogP contribution in [0.1, 0.15) is 32.0 Å². The van der Waals surface area contributed by atoms with Gasteiger partial charge in [-0.3, -0.25) is 4.79 Å². The molecule has 1 aliphatic carbocycles. The number of carbonyl (C=O) groups excluding carboxylic acids is 1. The van der Waals surface area contributed by atoms with Crippen LogP contribution in [0.2, 0.25) is 0 Å². The van der Waals surface area contributed by atoms with Crippen LogP contribution < -0.4 is 5.73 Å². The van der Waals surface area contributed by atoms with Crippen LogP contribution in [0.25, 0.3) is 0 Å². The molecule has 0 spiro atoms. The topological polar surface area (TPSA) is 83.0 Å². The van der Waals surface area contributed by atoms with E-state index in [4.69, 9.17) is 10.5 Å². The van der Waals surface area contributed by atoms with E-state index in [2.05, 4.69) is 10.2 Å². The average Bonchev–Trinajstić information content (AvgIpc) is 2.89. The van der Waals surface area contributed by atoms with Crippen molar-refractivity contribution in [2.45, 2.75) is 49.1 Å². The number of hydrogen-bond donors (Lipinski definition) is 1. The fraction of sp³-hybridized carbons (Fsp3) is 0.750. The minimum atomic E-state index is -0.832. The molecule has 1 aliphatic rings. The van der Waals surface area contributed by atoms with Gasteiger partial charge in [-0.25, -0.2) is 0 Å². The summed E-state index contributed by atoms with van der Waals surface area (Å²) in [7, 11) is 1.94. The number of thioether (sulfide) groups is 1. The highest BCUT2D eigenvalue weighted by Gasteiger charge is 2.43. The van der Waals surface area contributed by atoms with E-state index in [1.54, 1.807) is 18.7 Å². The maximum absolute atomic E-state index is 11.8. The average molecular weight is 284 g/mol. The molecule has 6 nitrogen and oxygen atoms in total. The van der Waals surface area contributed by atoms with E-state index in [-0.39, 0.29) is 11.2 Å². The van der Waals surface area contributed by atoms with Crippen LogP contribution in [0, 0.1) is 6.92 Å². The third kappa shape index (κ3) is 2.92. The molecule has 0 saturated heterocycles. The minimum Gasteiger partial charge on any atom is -0.465 e. The molecule has 106 valence electrons. The van der Waals surface area contributed by atoms with Crippen molar-refractivity contribution in [2.75, 3.05) is 6.61 Å². The highest BCUT2D eigenvalue weighted by molar-refractivity contribution is 7.99. The Morgan fingerprint density at radius 1 is 1.63 bits per heavy atom. The first kappa shape index (κ1) is 14.3. The number of esters is 1. The predicted octanol–water partition coefficient (Wildman–Crippen LogP) is 1.03. The van der Waals surface area contributed by atoms with Gasteiger partial charge < -0.3 is 15.0 Å². The molecule has 0 aliphatic heterocycles. The first-order valence-electron chi connectivity index (χ1n) is 6.45. The Labute approximate surface area is 117 Å². The Morgan fingerprint density at radius 3 is 2.95 bits per heavy atom. The molecule has 2 rings (SSSR count). The van der Waals surface area contributed by atoms with Crippen LogP contribution in [0.3, 0.4) is 0 Å². The molecule has 2 N–H and O–H groups in total. The van der Waals surface area contributed by atoms with Crippen molar-refractivity contribution in [1.29, 1.82) is 0 Å². The third-order valence-electron chi connectivity index (χ3n) is 3.51. The second-order valence-electron chi connectivity index (χ2n) is 4.95. The number of hydrogen-bond acceptors (Lipinski definition) is 6. The van der Waals surface area contributed by atoms with E-state index < -0.39 is 5.54 Å². The van der Waals surface area contributed by atoms with Gasteiger partial charge in [0.25, 0.3) is 0 Å². The lowest BCUT2D eigenvalue weighted by atomic mass is 10.00. The Balaban J connectivity index is 1.99. The summed E-state index contributed by atoms with van der Waals surface area (Å²) >= 11 is 1.64. The van der Waals surface area contributed by atoms with Crippen molar-refractivity contribution in [1.82, 2.24) is 14.8 Å². The summed E-state index contributed by atoms with van der Waals surface area (Å²) in [6.07, 6.45) is 2.19. The molecule has 1 fully saturated rings. The number of nitrogens with zero attached hydrogens (tertiary/aromatic N) is 3. The first-order chi connectivity index (χ1) is 8.96. The maximum atomic E-state index is 11.8. The Hall–Kier alpha value is -1.08. The molecular weight excluding hydrogens is 264 g/mol. The SMILES string of the molecule is CCOC(=O)C1(N)CCC(Sc2nnc(C)n2C)C1. The first-order valence-corrected chi connectivity index (χ1v) is 7.33. The fourth-order valence-corrected chi connectivity index (χ4v) is 3.52. The molecule has 0 amide bonds. The molecule has 2 atom stereocenters. The highest BCUT2D eigenvalue weighted by atomic mass is 32.2. The second-order valence-corrected chi connectivity index (χ2v) is 6.22. The summed E-state index contributed by atoms with van der Waals surface area (Å²) in [6.45, 7) is 4.08. The van der Waals surface area contributed by atoms with Gasteiger partial charge in [0.15, 0.2) is 5.16 Å². The number of rotatable bonds is 4. The summed E-state index contributed by atoms with van der Waals surface area (Å²) in [4.78, 5) is 11.8. The number of nitrogens with two attached hydrogens (primary N) is 1. The van der Waals surface area contributed by atoms with Gasteiger partial charge in [0.2, 0.25) is 0 Å². The van der Waals surface area contributed by atoms with E-state index in [0.29, 0.717) is 19.4 Å². The van der Waals surface area contributed by atoms with Gasteiger partial charge in [-0.05, 0) is 33.1 Å². The summed E-state index contributed by atoms with van der Waals surface area (Å²) < 4.78 is 7.00. The van der Waals surface area contributed by atoms with Gasteiger partial charge >= 0.3 is 5.97 Å². The zero-order chi connectivity index (χ0) is 14.0. The lowest BCUT2D eigenvalue weighted by molar-refractivity contribution is -0.149. The number of aryl methyl sites for hydroxylation is 1. The largest absolute Gasteiger partial charge is 0.465 e. The number of aromatic nitrogens is 3. The lowest BCUT2D eigenvalue weighted by Gasteiger charge is -2.21. The van der Waals surface area contributed by atoms with Crippen molar-refractivity contribution in [3.8, 4) is 0 Å². The zero-order valence-electron chi connectivity index (χ0n) is 11.5. The Bertz CT molecular complexity index is 476. The molecule has 1 heterocycles. The minimum absolute atomic E-state index is 0.285. The fourth-order valence-electron chi connectivity index (χ4n) is 2.23. The molecule has 1 aromatic rings. The molecule has 1 saturated carbocycles. The Morgan fingerprint density at radius 2 is 2.37 bits per heavy atom. The molecule has 0 aromatic carbocycles. The van der Waals surface area contributed by atoms with Gasteiger partial charge in [0, 0.05) is 12.3 Å². The normalized spacial score (nSPS) is 26.6. The summed E-state index contributed by atoms with van der Waals surface area (Å²) in [5.41, 5.74) is 5.31. The number of ether oxygens (including phenoxy) is 1. The van der Waals surface area contributed by atoms with Crippen molar-refractivity contribution >= 4 is 17.7 Å². The zero-order valence-corrected chi connectivity index (χ0v) is 12.4. The Kier molecular flexibility index (Phi) is 4.15. The van der Waals surface area contributed by atoms with Crippen molar-refractivity contribution in [2.24, 2.45) is 12.8 Å². The van der Waals surface area contributed by atoms with Crippen LogP contribution in [0.4, 0.5) is 0 Å². The smallest absolute Gasteiger partial charge is 0.326 e.